The number of nitriles is 1. The molecule has 0 saturated carbocycles. The molecule has 0 aliphatic heterocycles. The van der Waals surface area contributed by atoms with Crippen LogP contribution in [0.25, 0.3) is 0 Å². The van der Waals surface area contributed by atoms with E-state index in [9.17, 15) is 0 Å². The monoisotopic (exact) mass is 165 g/mol. The largest absolute Gasteiger partial charge is 0.368 e. The van der Waals surface area contributed by atoms with E-state index < -0.39 is 0 Å². The van der Waals surface area contributed by atoms with Gasteiger partial charge in [0.15, 0.2) is 5.82 Å². The molecule has 0 fully saturated rings. The molecule has 1 rings (SSSR count). The summed E-state index contributed by atoms with van der Waals surface area (Å²) in [4.78, 5) is 4.00. The van der Waals surface area contributed by atoms with Gasteiger partial charge in [0.2, 0.25) is 5.95 Å². The maximum atomic E-state index is 8.33. The number of nitrogens with zero attached hydrogens (tertiary/aromatic N) is 4. The van der Waals surface area contributed by atoms with Crippen LogP contribution in [0, 0.1) is 11.3 Å². The van der Waals surface area contributed by atoms with Crippen molar-refractivity contribution in [1.29, 1.82) is 5.26 Å². The molecule has 0 saturated heterocycles. The summed E-state index contributed by atoms with van der Waals surface area (Å²) in [6, 6.07) is 2.03. The standard InChI is InChI=1S/C7H11N5/c1-2-6-10-7(9)12(11-6)5-3-4-8/h2-3,5H2,1H3,(H2,9,10,11). The highest BCUT2D eigenvalue weighted by molar-refractivity contribution is 5.15. The molecule has 64 valence electrons. The van der Waals surface area contributed by atoms with Crippen LogP contribution in [0.5, 0.6) is 0 Å². The van der Waals surface area contributed by atoms with Crippen molar-refractivity contribution in [2.75, 3.05) is 5.73 Å². The van der Waals surface area contributed by atoms with Gasteiger partial charge in [0.25, 0.3) is 0 Å². The van der Waals surface area contributed by atoms with E-state index >= 15 is 0 Å². The molecule has 1 aromatic heterocycles. The van der Waals surface area contributed by atoms with Crippen LogP contribution in [-0.2, 0) is 13.0 Å². The highest BCUT2D eigenvalue weighted by Gasteiger charge is 2.03. The fourth-order valence-electron chi connectivity index (χ4n) is 0.873. The highest BCUT2D eigenvalue weighted by Crippen LogP contribution is 2.01. The predicted molar refractivity (Wildman–Crippen MR) is 44.0 cm³/mol. The second-order valence-electron chi connectivity index (χ2n) is 2.37. The lowest BCUT2D eigenvalue weighted by atomic mass is 10.5. The van der Waals surface area contributed by atoms with Gasteiger partial charge in [-0.05, 0) is 0 Å². The zero-order valence-electron chi connectivity index (χ0n) is 6.99. The van der Waals surface area contributed by atoms with E-state index in [1.165, 1.54) is 0 Å². The molecule has 0 unspecified atom stereocenters. The third kappa shape index (κ3) is 1.72. The van der Waals surface area contributed by atoms with Gasteiger partial charge in [0, 0.05) is 6.42 Å². The zero-order chi connectivity index (χ0) is 8.97. The predicted octanol–water partition coefficient (Wildman–Crippen LogP) is 0.336. The Bertz CT molecular complexity index is 295. The zero-order valence-corrected chi connectivity index (χ0v) is 6.99. The first-order valence-corrected chi connectivity index (χ1v) is 3.84. The van der Waals surface area contributed by atoms with E-state index in [0.29, 0.717) is 18.9 Å². The average molecular weight is 165 g/mol. The van der Waals surface area contributed by atoms with Crippen LogP contribution in [-0.4, -0.2) is 14.8 Å². The van der Waals surface area contributed by atoms with Crippen molar-refractivity contribution in [3.63, 3.8) is 0 Å². The summed E-state index contributed by atoms with van der Waals surface area (Å²) in [6.45, 7) is 2.48. The molecule has 0 spiro atoms. The van der Waals surface area contributed by atoms with Gasteiger partial charge in [-0.3, -0.25) is 0 Å². The van der Waals surface area contributed by atoms with Crippen LogP contribution in [0.1, 0.15) is 19.2 Å². The molecule has 1 heterocycles. The van der Waals surface area contributed by atoms with E-state index in [2.05, 4.69) is 10.1 Å². The second-order valence-corrected chi connectivity index (χ2v) is 2.37. The number of rotatable bonds is 3. The van der Waals surface area contributed by atoms with Crippen molar-refractivity contribution in [1.82, 2.24) is 14.8 Å². The molecule has 0 aliphatic rings. The second kappa shape index (κ2) is 3.72. The van der Waals surface area contributed by atoms with Crippen molar-refractivity contribution < 1.29 is 0 Å². The number of hydrogen-bond acceptors (Lipinski definition) is 4. The number of nitrogens with two attached hydrogens (primary N) is 1. The van der Waals surface area contributed by atoms with Gasteiger partial charge in [-0.2, -0.15) is 15.3 Å². The van der Waals surface area contributed by atoms with Crippen molar-refractivity contribution in [2.45, 2.75) is 26.3 Å². The van der Waals surface area contributed by atoms with Gasteiger partial charge in [-0.1, -0.05) is 6.92 Å². The fraction of sp³-hybridized carbons (Fsp3) is 0.571. The molecule has 5 heteroatoms. The molecule has 5 nitrogen and oxygen atoms in total. The summed E-state index contributed by atoms with van der Waals surface area (Å²) < 4.78 is 1.56. The lowest BCUT2D eigenvalue weighted by molar-refractivity contribution is 0.627. The minimum atomic E-state index is 0.391. The summed E-state index contributed by atoms with van der Waals surface area (Å²) in [5.41, 5.74) is 5.54. The van der Waals surface area contributed by atoms with Crippen LogP contribution in [0.2, 0.25) is 0 Å². The summed E-state index contributed by atoms with van der Waals surface area (Å²) in [6.07, 6.45) is 1.18. The average Bonchev–Trinajstić information content (AvgIpc) is 2.43. The number of hydrogen-bond donors (Lipinski definition) is 1. The quantitative estimate of drug-likeness (QED) is 0.700. The molecule has 0 amide bonds. The Morgan fingerprint density at radius 2 is 2.42 bits per heavy atom. The molecular weight excluding hydrogens is 154 g/mol. The Balaban J connectivity index is 2.72. The lowest BCUT2D eigenvalue weighted by Crippen LogP contribution is -2.04. The number of aromatic nitrogens is 3. The number of nitrogen functional groups attached to an aromatic ring is 1. The van der Waals surface area contributed by atoms with Gasteiger partial charge < -0.3 is 5.73 Å². The van der Waals surface area contributed by atoms with Crippen molar-refractivity contribution in [2.24, 2.45) is 0 Å². The summed E-state index contributed by atoms with van der Waals surface area (Å²) in [5.74, 6) is 1.12. The molecule has 1 aromatic rings. The van der Waals surface area contributed by atoms with Crippen LogP contribution in [0.3, 0.4) is 0 Å². The van der Waals surface area contributed by atoms with E-state index in [0.717, 1.165) is 12.2 Å². The fourth-order valence-corrected chi connectivity index (χ4v) is 0.873. The third-order valence-corrected chi connectivity index (χ3v) is 1.50. The molecule has 0 aliphatic carbocycles. The molecule has 0 bridgehead atoms. The van der Waals surface area contributed by atoms with Gasteiger partial charge in [-0.15, -0.1) is 0 Å². The van der Waals surface area contributed by atoms with E-state index in [-0.39, 0.29) is 0 Å². The van der Waals surface area contributed by atoms with Gasteiger partial charge >= 0.3 is 0 Å². The van der Waals surface area contributed by atoms with E-state index in [4.69, 9.17) is 11.0 Å². The Kier molecular flexibility index (Phi) is 2.64. The van der Waals surface area contributed by atoms with Gasteiger partial charge in [0.1, 0.15) is 0 Å². The first-order chi connectivity index (χ1) is 5.77. The SMILES string of the molecule is CCc1nc(N)n(CCC#N)n1. The summed E-state index contributed by atoms with van der Waals surface area (Å²) in [5, 5.41) is 12.4. The van der Waals surface area contributed by atoms with Crippen molar-refractivity contribution >= 4 is 5.95 Å². The molecule has 0 radical (unpaired) electrons. The number of aryl methyl sites for hydroxylation is 2. The first-order valence-electron chi connectivity index (χ1n) is 3.84. The minimum Gasteiger partial charge on any atom is -0.368 e. The molecular formula is C7H11N5. The molecule has 12 heavy (non-hydrogen) atoms. The maximum Gasteiger partial charge on any atom is 0.218 e. The van der Waals surface area contributed by atoms with Crippen LogP contribution >= 0.6 is 0 Å². The lowest BCUT2D eigenvalue weighted by Gasteiger charge is -1.95. The van der Waals surface area contributed by atoms with Crippen LogP contribution in [0.15, 0.2) is 0 Å². The van der Waals surface area contributed by atoms with E-state index in [1.807, 2.05) is 13.0 Å². The van der Waals surface area contributed by atoms with Crippen molar-refractivity contribution in [3.05, 3.63) is 5.82 Å². The highest BCUT2D eigenvalue weighted by atomic mass is 15.4. The van der Waals surface area contributed by atoms with Crippen LogP contribution in [0.4, 0.5) is 5.95 Å². The first kappa shape index (κ1) is 8.53. The topological polar surface area (TPSA) is 80.5 Å². The summed E-state index contributed by atoms with van der Waals surface area (Å²) >= 11 is 0. The van der Waals surface area contributed by atoms with E-state index in [1.54, 1.807) is 4.68 Å². The smallest absolute Gasteiger partial charge is 0.218 e. The van der Waals surface area contributed by atoms with Crippen LogP contribution < -0.4 is 5.73 Å². The number of anilines is 1. The third-order valence-electron chi connectivity index (χ3n) is 1.50. The Morgan fingerprint density at radius 1 is 1.67 bits per heavy atom. The Labute approximate surface area is 70.8 Å². The molecule has 0 aromatic carbocycles. The normalized spacial score (nSPS) is 9.67. The Morgan fingerprint density at radius 3 is 2.92 bits per heavy atom. The summed E-state index contributed by atoms with van der Waals surface area (Å²) in [7, 11) is 0. The maximum absolute atomic E-state index is 8.33. The minimum absolute atomic E-state index is 0.391. The molecule has 0 atom stereocenters. The van der Waals surface area contributed by atoms with Gasteiger partial charge in [-0.25, -0.2) is 4.68 Å². The van der Waals surface area contributed by atoms with Crippen molar-refractivity contribution in [3.8, 4) is 6.07 Å². The Hall–Kier alpha value is -1.57. The van der Waals surface area contributed by atoms with Gasteiger partial charge in [0.05, 0.1) is 19.0 Å². The molecule has 2 N–H and O–H groups in total.